The molecule has 2 aromatic rings. The predicted molar refractivity (Wildman–Crippen MR) is 74.3 cm³/mol. The normalized spacial score (nSPS) is 10.2. The van der Waals surface area contributed by atoms with Crippen LogP contribution < -0.4 is 4.74 Å². The number of hydrogen-bond donors (Lipinski definition) is 0. The van der Waals surface area contributed by atoms with Gasteiger partial charge in [0.05, 0.1) is 4.92 Å². The minimum absolute atomic E-state index is 0.290. The van der Waals surface area contributed by atoms with Crippen LogP contribution in [-0.2, 0) is 0 Å². The number of benzene rings is 2. The lowest BCUT2D eigenvalue weighted by molar-refractivity contribution is -0.385. The third-order valence-corrected chi connectivity index (χ3v) is 2.90. The van der Waals surface area contributed by atoms with Crippen LogP contribution in [-0.4, -0.2) is 17.3 Å². The van der Waals surface area contributed by atoms with Gasteiger partial charge in [-0.3, -0.25) is 14.9 Å². The second-order valence-electron chi connectivity index (χ2n) is 4.09. The van der Waals surface area contributed by atoms with Crippen LogP contribution in [0, 0.1) is 15.9 Å². The van der Waals surface area contributed by atoms with Crippen molar-refractivity contribution in [1.82, 2.24) is 0 Å². The lowest BCUT2D eigenvalue weighted by Crippen LogP contribution is -2.12. The quantitative estimate of drug-likeness (QED) is 0.480. The lowest BCUT2D eigenvalue weighted by Gasteiger charge is -2.06. The van der Waals surface area contributed by atoms with Gasteiger partial charge in [0.25, 0.3) is 0 Å². The number of carbonyl (C=O) groups is 1. The molecule has 0 spiro atoms. The Balaban J connectivity index is 2.12. The number of ether oxygens (including phenoxy) is 1. The highest BCUT2D eigenvalue weighted by atomic mass is 35.5. The molecule has 0 N–H and O–H groups in total. The standard InChI is InChI=1S/C14H9ClFNO4/c15-10-3-1-9(2-4-10)13(18)8-21-14-7-11(16)5-6-12(14)17(19)20/h1-7H,8H2. The number of Topliss-reactive ketones (excluding diaryl/α,β-unsaturated/α-hetero) is 1. The fourth-order valence-corrected chi connectivity index (χ4v) is 1.74. The molecule has 0 amide bonds. The number of nitrogens with zero attached hydrogens (tertiary/aromatic N) is 1. The summed E-state index contributed by atoms with van der Waals surface area (Å²) < 4.78 is 18.2. The van der Waals surface area contributed by atoms with E-state index in [1.165, 1.54) is 12.1 Å². The number of ketones is 1. The molecule has 7 heteroatoms. The minimum Gasteiger partial charge on any atom is -0.478 e. The molecule has 0 fully saturated rings. The molecule has 0 saturated heterocycles. The first kappa shape index (κ1) is 14.9. The molecule has 0 aliphatic carbocycles. The Kier molecular flexibility index (Phi) is 4.49. The van der Waals surface area contributed by atoms with Crippen molar-refractivity contribution in [2.75, 3.05) is 6.61 Å². The summed E-state index contributed by atoms with van der Waals surface area (Å²) in [5.74, 6) is -1.37. The van der Waals surface area contributed by atoms with Gasteiger partial charge < -0.3 is 4.74 Å². The van der Waals surface area contributed by atoms with Gasteiger partial charge in [0.15, 0.2) is 18.1 Å². The SMILES string of the molecule is O=C(COc1cc(F)ccc1[N+](=O)[O-])c1ccc(Cl)cc1. The van der Waals surface area contributed by atoms with Crippen molar-refractivity contribution in [3.8, 4) is 5.75 Å². The molecule has 0 bridgehead atoms. The van der Waals surface area contributed by atoms with Gasteiger partial charge in [0.1, 0.15) is 5.82 Å². The smallest absolute Gasteiger partial charge is 0.311 e. The van der Waals surface area contributed by atoms with Crippen molar-refractivity contribution in [3.05, 3.63) is 69.0 Å². The Morgan fingerprint density at radius 3 is 2.52 bits per heavy atom. The Hall–Kier alpha value is -2.47. The van der Waals surface area contributed by atoms with E-state index in [9.17, 15) is 19.3 Å². The summed E-state index contributed by atoms with van der Waals surface area (Å²) in [6, 6.07) is 8.90. The summed E-state index contributed by atoms with van der Waals surface area (Å²) in [5, 5.41) is 11.3. The van der Waals surface area contributed by atoms with E-state index >= 15 is 0 Å². The molecule has 0 aromatic heterocycles. The molecular formula is C14H9ClFNO4. The highest BCUT2D eigenvalue weighted by Gasteiger charge is 2.17. The molecule has 0 atom stereocenters. The largest absolute Gasteiger partial charge is 0.478 e. The monoisotopic (exact) mass is 309 g/mol. The maximum absolute atomic E-state index is 13.1. The van der Waals surface area contributed by atoms with Crippen LogP contribution >= 0.6 is 11.6 Å². The molecule has 0 aliphatic heterocycles. The number of nitro benzene ring substituents is 1. The van der Waals surface area contributed by atoms with Crippen molar-refractivity contribution in [2.24, 2.45) is 0 Å². The fourth-order valence-electron chi connectivity index (χ4n) is 1.62. The van der Waals surface area contributed by atoms with Crippen LogP contribution in [0.3, 0.4) is 0 Å². The first-order chi connectivity index (χ1) is 9.97. The van der Waals surface area contributed by atoms with Crippen LogP contribution in [0.1, 0.15) is 10.4 Å². The number of hydrogen-bond acceptors (Lipinski definition) is 4. The summed E-state index contributed by atoms with van der Waals surface area (Å²) in [4.78, 5) is 21.9. The zero-order valence-corrected chi connectivity index (χ0v) is 11.3. The van der Waals surface area contributed by atoms with Gasteiger partial charge in [-0.2, -0.15) is 0 Å². The predicted octanol–water partition coefficient (Wildman–Crippen LogP) is 3.65. The van der Waals surface area contributed by atoms with E-state index in [2.05, 4.69) is 0 Å². The summed E-state index contributed by atoms with van der Waals surface area (Å²) in [7, 11) is 0. The maximum Gasteiger partial charge on any atom is 0.311 e. The second kappa shape index (κ2) is 6.32. The van der Waals surface area contributed by atoms with Crippen molar-refractivity contribution >= 4 is 23.1 Å². The van der Waals surface area contributed by atoms with Crippen molar-refractivity contribution in [3.63, 3.8) is 0 Å². The van der Waals surface area contributed by atoms with E-state index in [1.54, 1.807) is 12.1 Å². The Labute approximate surface area is 124 Å². The molecule has 0 unspecified atom stereocenters. The fraction of sp³-hybridized carbons (Fsp3) is 0.0714. The Bertz CT molecular complexity index is 688. The second-order valence-corrected chi connectivity index (χ2v) is 4.52. The van der Waals surface area contributed by atoms with Crippen molar-refractivity contribution in [1.29, 1.82) is 0 Å². The van der Waals surface area contributed by atoms with E-state index in [0.717, 1.165) is 18.2 Å². The zero-order chi connectivity index (χ0) is 15.4. The number of carbonyl (C=O) groups excluding carboxylic acids is 1. The molecule has 5 nitrogen and oxygen atoms in total. The van der Waals surface area contributed by atoms with E-state index in [-0.39, 0.29) is 5.75 Å². The van der Waals surface area contributed by atoms with Gasteiger partial charge in [-0.15, -0.1) is 0 Å². The average Bonchev–Trinajstić information content (AvgIpc) is 2.45. The molecular weight excluding hydrogens is 301 g/mol. The topological polar surface area (TPSA) is 69.4 Å². The van der Waals surface area contributed by atoms with Crippen LogP contribution in [0.15, 0.2) is 42.5 Å². The molecule has 2 aromatic carbocycles. The molecule has 0 radical (unpaired) electrons. The van der Waals surface area contributed by atoms with Gasteiger partial charge >= 0.3 is 5.69 Å². The van der Waals surface area contributed by atoms with E-state index in [4.69, 9.17) is 16.3 Å². The van der Waals surface area contributed by atoms with Crippen LogP contribution in [0.2, 0.25) is 5.02 Å². The molecule has 0 aliphatic rings. The van der Waals surface area contributed by atoms with Gasteiger partial charge in [-0.1, -0.05) is 11.6 Å². The summed E-state index contributed by atoms with van der Waals surface area (Å²) in [6.45, 7) is -0.439. The maximum atomic E-state index is 13.1. The van der Waals surface area contributed by atoms with E-state index < -0.39 is 28.8 Å². The van der Waals surface area contributed by atoms with E-state index in [1.807, 2.05) is 0 Å². The highest BCUT2D eigenvalue weighted by Crippen LogP contribution is 2.27. The molecule has 0 heterocycles. The lowest BCUT2D eigenvalue weighted by atomic mass is 10.1. The Morgan fingerprint density at radius 2 is 1.90 bits per heavy atom. The first-order valence-electron chi connectivity index (χ1n) is 5.83. The summed E-state index contributed by atoms with van der Waals surface area (Å²) in [6.07, 6.45) is 0. The number of nitro groups is 1. The average molecular weight is 310 g/mol. The third-order valence-electron chi connectivity index (χ3n) is 2.64. The molecule has 2 rings (SSSR count). The van der Waals surface area contributed by atoms with Crippen LogP contribution in [0.4, 0.5) is 10.1 Å². The molecule has 108 valence electrons. The zero-order valence-electron chi connectivity index (χ0n) is 10.6. The number of halogens is 2. The van der Waals surface area contributed by atoms with Gasteiger partial charge in [-0.25, -0.2) is 4.39 Å². The van der Waals surface area contributed by atoms with E-state index in [0.29, 0.717) is 10.6 Å². The van der Waals surface area contributed by atoms with Gasteiger partial charge in [0.2, 0.25) is 0 Å². The highest BCUT2D eigenvalue weighted by molar-refractivity contribution is 6.30. The summed E-state index contributed by atoms with van der Waals surface area (Å²) in [5.41, 5.74) is -0.0567. The molecule has 21 heavy (non-hydrogen) atoms. The molecule has 0 saturated carbocycles. The Morgan fingerprint density at radius 1 is 1.24 bits per heavy atom. The first-order valence-corrected chi connectivity index (χ1v) is 6.20. The van der Waals surface area contributed by atoms with Crippen molar-refractivity contribution in [2.45, 2.75) is 0 Å². The van der Waals surface area contributed by atoms with Crippen LogP contribution in [0.5, 0.6) is 5.75 Å². The van der Waals surface area contributed by atoms with Gasteiger partial charge in [0, 0.05) is 22.7 Å². The van der Waals surface area contributed by atoms with Crippen LogP contribution in [0.25, 0.3) is 0 Å². The minimum atomic E-state index is -0.707. The third kappa shape index (κ3) is 3.76. The summed E-state index contributed by atoms with van der Waals surface area (Å²) >= 11 is 5.70. The van der Waals surface area contributed by atoms with Gasteiger partial charge in [-0.05, 0) is 30.3 Å². The number of rotatable bonds is 5. The van der Waals surface area contributed by atoms with Crippen molar-refractivity contribution < 1.29 is 18.8 Å².